The highest BCUT2D eigenvalue weighted by Crippen LogP contribution is 2.25. The van der Waals surface area contributed by atoms with Crippen molar-refractivity contribution in [2.24, 2.45) is 10.2 Å². The van der Waals surface area contributed by atoms with Crippen molar-refractivity contribution in [3.8, 4) is 11.4 Å². The number of carbonyl (C=O) groups is 1. The summed E-state index contributed by atoms with van der Waals surface area (Å²) >= 11 is 1.12. The van der Waals surface area contributed by atoms with E-state index >= 15 is 0 Å². The Hall–Kier alpha value is -4.56. The van der Waals surface area contributed by atoms with Gasteiger partial charge in [-0.3, -0.25) is 4.79 Å². The van der Waals surface area contributed by atoms with Crippen molar-refractivity contribution in [3.63, 3.8) is 0 Å². The van der Waals surface area contributed by atoms with E-state index in [-0.39, 0.29) is 16.7 Å². The summed E-state index contributed by atoms with van der Waals surface area (Å²) in [7, 11) is 0. The maximum atomic E-state index is 12.8. The molecule has 7 nitrogen and oxygen atoms in total. The average molecular weight is 466 g/mol. The maximum absolute atomic E-state index is 12.8. The first-order valence-electron chi connectivity index (χ1n) is 10.5. The lowest BCUT2D eigenvalue weighted by Crippen LogP contribution is -2.15. The van der Waals surface area contributed by atoms with E-state index < -0.39 is 0 Å². The highest BCUT2D eigenvalue weighted by molar-refractivity contribution is 7.11. The SMILES string of the molecule is O=C(Nc1ccccc1)c1nn(-c2ccccc2)/c(=N/N=C/c2c(O)ccc3ccccc23)s1. The Morgan fingerprint density at radius 3 is 2.41 bits per heavy atom. The van der Waals surface area contributed by atoms with Gasteiger partial charge in [0, 0.05) is 11.3 Å². The molecule has 0 fully saturated rings. The number of hydrogen-bond acceptors (Lipinski definition) is 6. The predicted molar refractivity (Wildman–Crippen MR) is 135 cm³/mol. The fraction of sp³-hybridized carbons (Fsp3) is 0. The number of aromatic nitrogens is 2. The number of phenols is 1. The van der Waals surface area contributed by atoms with Crippen LogP contribution >= 0.6 is 11.3 Å². The number of amides is 1. The van der Waals surface area contributed by atoms with Gasteiger partial charge in [-0.05, 0) is 41.1 Å². The summed E-state index contributed by atoms with van der Waals surface area (Å²) in [4.78, 5) is 13.2. The molecular weight excluding hydrogens is 446 g/mol. The number of fused-ring (bicyclic) bond motifs is 1. The van der Waals surface area contributed by atoms with Crippen molar-refractivity contribution in [1.82, 2.24) is 9.78 Å². The lowest BCUT2D eigenvalue weighted by molar-refractivity contribution is 0.102. The van der Waals surface area contributed by atoms with E-state index in [0.717, 1.165) is 27.8 Å². The topological polar surface area (TPSA) is 91.9 Å². The number of para-hydroxylation sites is 2. The molecule has 0 spiro atoms. The summed E-state index contributed by atoms with van der Waals surface area (Å²) in [5, 5.41) is 28.3. The molecule has 0 unspecified atom stereocenters. The van der Waals surface area contributed by atoms with Gasteiger partial charge in [0.1, 0.15) is 5.75 Å². The van der Waals surface area contributed by atoms with Crippen LogP contribution in [0.5, 0.6) is 5.75 Å². The molecular formula is C26H19N5O2S. The third-order valence-corrected chi connectivity index (χ3v) is 5.96. The number of rotatable bonds is 5. The Bertz CT molecular complexity index is 1560. The van der Waals surface area contributed by atoms with Gasteiger partial charge in [0.05, 0.1) is 11.9 Å². The third-order valence-electron chi connectivity index (χ3n) is 5.06. The predicted octanol–water partition coefficient (Wildman–Crippen LogP) is 4.98. The van der Waals surface area contributed by atoms with Crippen LogP contribution in [0.4, 0.5) is 5.69 Å². The largest absolute Gasteiger partial charge is 0.507 e. The first-order valence-corrected chi connectivity index (χ1v) is 11.3. The smallest absolute Gasteiger partial charge is 0.286 e. The second kappa shape index (κ2) is 9.51. The fourth-order valence-corrected chi connectivity index (χ4v) is 4.20. The number of aromatic hydroxyl groups is 1. The number of anilines is 1. The summed E-state index contributed by atoms with van der Waals surface area (Å²) < 4.78 is 1.57. The summed E-state index contributed by atoms with van der Waals surface area (Å²) in [6.07, 6.45) is 1.51. The quantitative estimate of drug-likeness (QED) is 0.283. The van der Waals surface area contributed by atoms with Crippen LogP contribution in [0.3, 0.4) is 0 Å². The molecule has 5 aromatic rings. The van der Waals surface area contributed by atoms with E-state index in [2.05, 4.69) is 20.6 Å². The van der Waals surface area contributed by atoms with E-state index in [1.165, 1.54) is 6.21 Å². The maximum Gasteiger partial charge on any atom is 0.286 e. The molecule has 0 aliphatic carbocycles. The molecule has 0 atom stereocenters. The second-order valence-corrected chi connectivity index (χ2v) is 8.28. The van der Waals surface area contributed by atoms with Crippen molar-refractivity contribution in [2.75, 3.05) is 5.32 Å². The molecule has 0 aliphatic heterocycles. The lowest BCUT2D eigenvalue weighted by atomic mass is 10.0. The molecule has 0 bridgehead atoms. The molecule has 0 aliphatic rings. The molecule has 2 N–H and O–H groups in total. The normalized spacial score (nSPS) is 11.8. The van der Waals surface area contributed by atoms with Crippen LogP contribution in [0.15, 0.2) is 107 Å². The zero-order chi connectivity index (χ0) is 23.3. The van der Waals surface area contributed by atoms with Gasteiger partial charge in [-0.25, -0.2) is 4.68 Å². The van der Waals surface area contributed by atoms with Crippen LogP contribution in [0.25, 0.3) is 16.5 Å². The zero-order valence-corrected chi connectivity index (χ0v) is 18.7. The van der Waals surface area contributed by atoms with Crippen LogP contribution < -0.4 is 10.1 Å². The van der Waals surface area contributed by atoms with Gasteiger partial charge >= 0.3 is 0 Å². The highest BCUT2D eigenvalue weighted by Gasteiger charge is 2.15. The van der Waals surface area contributed by atoms with Gasteiger partial charge in [0.15, 0.2) is 0 Å². The molecule has 166 valence electrons. The molecule has 4 aromatic carbocycles. The van der Waals surface area contributed by atoms with Gasteiger partial charge < -0.3 is 10.4 Å². The Kier molecular flexibility index (Phi) is 5.96. The molecule has 1 amide bonds. The molecule has 1 heterocycles. The summed E-state index contributed by atoms with van der Waals surface area (Å²) in [6, 6.07) is 29.8. The summed E-state index contributed by atoms with van der Waals surface area (Å²) in [5.74, 6) is -0.223. The van der Waals surface area contributed by atoms with Gasteiger partial charge in [0.2, 0.25) is 9.81 Å². The Balaban J connectivity index is 1.54. The van der Waals surface area contributed by atoms with Gasteiger partial charge in [-0.15, -0.1) is 10.2 Å². The van der Waals surface area contributed by atoms with Crippen molar-refractivity contribution >= 4 is 39.9 Å². The van der Waals surface area contributed by atoms with Crippen molar-refractivity contribution in [1.29, 1.82) is 0 Å². The summed E-state index contributed by atoms with van der Waals surface area (Å²) in [6.45, 7) is 0. The Labute approximate surface area is 199 Å². The molecule has 8 heteroatoms. The minimum atomic E-state index is -0.335. The number of nitrogens with one attached hydrogen (secondary N) is 1. The lowest BCUT2D eigenvalue weighted by Gasteiger charge is -2.03. The third kappa shape index (κ3) is 4.48. The monoisotopic (exact) mass is 465 g/mol. The van der Waals surface area contributed by atoms with Gasteiger partial charge in [-0.1, -0.05) is 78.1 Å². The van der Waals surface area contributed by atoms with Crippen molar-refractivity contribution in [3.05, 3.63) is 112 Å². The Morgan fingerprint density at radius 2 is 1.62 bits per heavy atom. The number of phenolic OH excluding ortho intramolecular Hbond substituents is 1. The average Bonchev–Trinajstić information content (AvgIpc) is 3.31. The molecule has 0 radical (unpaired) electrons. The standard InChI is InChI=1S/C26H19N5O2S/c32-23-16-15-18-9-7-8-14-21(18)22(23)17-27-29-26-31(20-12-5-2-6-13-20)30-25(34-26)24(33)28-19-10-3-1-4-11-19/h1-17,32H,(H,28,33)/b27-17+,29-26-. The van der Waals surface area contributed by atoms with E-state index in [1.54, 1.807) is 10.7 Å². The Morgan fingerprint density at radius 1 is 0.912 bits per heavy atom. The van der Waals surface area contributed by atoms with Crippen LogP contribution in [0.2, 0.25) is 0 Å². The molecule has 5 rings (SSSR count). The number of benzene rings is 4. The summed E-state index contributed by atoms with van der Waals surface area (Å²) in [5.41, 5.74) is 2.00. The van der Waals surface area contributed by atoms with Gasteiger partial charge in [-0.2, -0.15) is 5.10 Å². The number of nitrogens with zero attached hydrogens (tertiary/aromatic N) is 4. The molecule has 0 saturated carbocycles. The van der Waals surface area contributed by atoms with Crippen LogP contribution in [-0.2, 0) is 0 Å². The second-order valence-electron chi connectivity index (χ2n) is 7.32. The van der Waals surface area contributed by atoms with E-state index in [9.17, 15) is 9.90 Å². The highest BCUT2D eigenvalue weighted by atomic mass is 32.1. The molecule has 1 aromatic heterocycles. The van der Waals surface area contributed by atoms with Crippen LogP contribution in [-0.4, -0.2) is 27.0 Å². The van der Waals surface area contributed by atoms with Gasteiger partial charge in [0.25, 0.3) is 5.91 Å². The van der Waals surface area contributed by atoms with E-state index in [4.69, 9.17) is 0 Å². The molecule has 34 heavy (non-hydrogen) atoms. The van der Waals surface area contributed by atoms with E-state index in [1.807, 2.05) is 91.0 Å². The first kappa shape index (κ1) is 21.3. The van der Waals surface area contributed by atoms with E-state index in [0.29, 0.717) is 16.1 Å². The van der Waals surface area contributed by atoms with Crippen molar-refractivity contribution in [2.45, 2.75) is 0 Å². The first-order chi connectivity index (χ1) is 16.7. The minimum absolute atomic E-state index is 0.112. The molecule has 0 saturated heterocycles. The zero-order valence-electron chi connectivity index (χ0n) is 17.9. The number of hydrogen-bond donors (Lipinski definition) is 2. The minimum Gasteiger partial charge on any atom is -0.507 e. The van der Waals surface area contributed by atoms with Crippen LogP contribution in [0.1, 0.15) is 15.4 Å². The van der Waals surface area contributed by atoms with Crippen molar-refractivity contribution < 1.29 is 9.90 Å². The fourth-order valence-electron chi connectivity index (χ4n) is 3.44. The van der Waals surface area contributed by atoms with Crippen LogP contribution in [0, 0.1) is 0 Å². The number of carbonyl (C=O) groups excluding carboxylic acids is 1.